The lowest BCUT2D eigenvalue weighted by Gasteiger charge is -2.06. The summed E-state index contributed by atoms with van der Waals surface area (Å²) in [5, 5.41) is 8.95. The molecule has 0 N–H and O–H groups in total. The molecule has 28 heavy (non-hydrogen) atoms. The van der Waals surface area contributed by atoms with Gasteiger partial charge >= 0.3 is 5.97 Å². The van der Waals surface area contributed by atoms with Crippen molar-refractivity contribution in [1.29, 1.82) is 0 Å². The second kappa shape index (κ2) is 9.83. The highest BCUT2D eigenvalue weighted by Gasteiger charge is 2.12. The number of hydrogen-bond acceptors (Lipinski definition) is 7. The molecule has 0 aliphatic carbocycles. The lowest BCUT2D eigenvalue weighted by molar-refractivity contribution is 0.0553. The van der Waals surface area contributed by atoms with Crippen molar-refractivity contribution in [2.24, 2.45) is 0 Å². The van der Waals surface area contributed by atoms with Crippen LogP contribution < -0.4 is 4.74 Å². The first kappa shape index (κ1) is 19.8. The molecular weight excluding hydrogens is 400 g/mol. The molecule has 1 heterocycles. The molecule has 0 amide bonds. The predicted octanol–water partition coefficient (Wildman–Crippen LogP) is 4.35. The monoisotopic (exact) mass is 414 g/mol. The van der Waals surface area contributed by atoms with Crippen LogP contribution in [0.25, 0.3) is 11.5 Å². The van der Waals surface area contributed by atoms with Crippen molar-refractivity contribution in [3.63, 3.8) is 0 Å². The smallest absolute Gasteiger partial charge is 0.342 e. The average Bonchev–Trinajstić information content (AvgIpc) is 3.19. The Labute approximate surface area is 171 Å². The molecule has 0 saturated heterocycles. The van der Waals surface area contributed by atoms with Gasteiger partial charge in [-0.1, -0.05) is 53.4 Å². The molecule has 0 spiro atoms. The minimum absolute atomic E-state index is 0.0188. The number of carbonyl (C=O) groups is 1. The zero-order valence-corrected chi connectivity index (χ0v) is 16.4. The van der Waals surface area contributed by atoms with Crippen LogP contribution in [0.4, 0.5) is 0 Å². The van der Waals surface area contributed by atoms with Gasteiger partial charge in [0.1, 0.15) is 11.3 Å². The van der Waals surface area contributed by atoms with Crippen LogP contribution >= 0.6 is 23.4 Å². The van der Waals surface area contributed by atoms with Gasteiger partial charge in [-0.05, 0) is 30.3 Å². The molecule has 0 aliphatic rings. The molecule has 142 valence electrons. The number of benzene rings is 2. The highest BCUT2D eigenvalue weighted by atomic mass is 35.5. The zero-order chi connectivity index (χ0) is 19.8. The first-order chi connectivity index (χ1) is 13.7. The van der Waals surface area contributed by atoms with Crippen LogP contribution in [0.1, 0.15) is 10.4 Å². The fourth-order valence-electron chi connectivity index (χ4n) is 2.20. The summed E-state index contributed by atoms with van der Waals surface area (Å²) in [6, 6.07) is 14.0. The van der Waals surface area contributed by atoms with Crippen LogP contribution in [0.15, 0.2) is 58.2 Å². The Morgan fingerprint density at radius 3 is 2.86 bits per heavy atom. The molecule has 0 radical (unpaired) electrons. The van der Waals surface area contributed by atoms with Crippen LogP contribution in [0.2, 0.25) is 5.02 Å². The molecule has 1 aromatic heterocycles. The number of halogens is 1. The van der Waals surface area contributed by atoms with Crippen molar-refractivity contribution in [3.05, 3.63) is 59.1 Å². The van der Waals surface area contributed by atoms with Crippen LogP contribution in [0, 0.1) is 11.8 Å². The fraction of sp³-hybridized carbons (Fsp3) is 0.150. The van der Waals surface area contributed by atoms with Gasteiger partial charge in [-0.3, -0.25) is 0 Å². The van der Waals surface area contributed by atoms with Crippen LogP contribution in [-0.4, -0.2) is 35.6 Å². The predicted molar refractivity (Wildman–Crippen MR) is 107 cm³/mol. The Bertz CT molecular complexity index is 1030. The molecular formula is C20H15ClN2O4S. The third-order valence-electron chi connectivity index (χ3n) is 3.47. The summed E-state index contributed by atoms with van der Waals surface area (Å²) in [7, 11) is 1.50. The zero-order valence-electron chi connectivity index (χ0n) is 14.8. The first-order valence-corrected chi connectivity index (χ1v) is 9.52. The molecule has 8 heteroatoms. The normalized spacial score (nSPS) is 10.1. The standard InChI is InChI=1S/C20H15ClN2O4S/c1-25-17-10-3-2-9-16(17)19(24)26-11-4-5-12-28-20-23-22-18(27-20)14-7-6-8-15(21)13-14/h2-3,6-10,13H,11-12H2,1H3. The minimum Gasteiger partial charge on any atom is -0.496 e. The van der Waals surface area contributed by atoms with Crippen molar-refractivity contribution >= 4 is 29.3 Å². The molecule has 0 bridgehead atoms. The third-order valence-corrected chi connectivity index (χ3v) is 4.41. The highest BCUT2D eigenvalue weighted by molar-refractivity contribution is 7.99. The van der Waals surface area contributed by atoms with Crippen molar-refractivity contribution < 1.29 is 18.7 Å². The van der Waals surface area contributed by atoms with Gasteiger partial charge in [-0.15, -0.1) is 10.2 Å². The second-order valence-corrected chi connectivity index (χ2v) is 6.67. The Morgan fingerprint density at radius 1 is 1.18 bits per heavy atom. The molecule has 2 aromatic carbocycles. The molecule has 3 rings (SSSR count). The van der Waals surface area contributed by atoms with Gasteiger partial charge in [-0.25, -0.2) is 4.79 Å². The third kappa shape index (κ3) is 5.28. The number of ether oxygens (including phenoxy) is 2. The van der Waals surface area contributed by atoms with E-state index in [1.165, 1.54) is 18.9 Å². The maximum atomic E-state index is 12.0. The van der Waals surface area contributed by atoms with Crippen LogP contribution in [-0.2, 0) is 4.74 Å². The van der Waals surface area contributed by atoms with Gasteiger partial charge in [0.15, 0.2) is 6.61 Å². The number of esters is 1. The summed E-state index contributed by atoms with van der Waals surface area (Å²) < 4.78 is 15.8. The van der Waals surface area contributed by atoms with Gasteiger partial charge in [0.05, 0.1) is 12.9 Å². The lowest BCUT2D eigenvalue weighted by Crippen LogP contribution is -2.07. The SMILES string of the molecule is COc1ccccc1C(=O)OCC#CCSc1nnc(-c2cccc(Cl)c2)o1. The van der Waals surface area contributed by atoms with Crippen molar-refractivity contribution in [3.8, 4) is 29.0 Å². The fourth-order valence-corrected chi connectivity index (χ4v) is 2.92. The molecule has 0 unspecified atom stereocenters. The van der Waals surface area contributed by atoms with E-state index >= 15 is 0 Å². The minimum atomic E-state index is -0.484. The number of aromatic nitrogens is 2. The van der Waals surface area contributed by atoms with E-state index in [1.54, 1.807) is 36.4 Å². The van der Waals surface area contributed by atoms with Crippen molar-refractivity contribution in [2.45, 2.75) is 5.22 Å². The summed E-state index contributed by atoms with van der Waals surface area (Å²) in [5.74, 6) is 6.45. The molecule has 6 nitrogen and oxygen atoms in total. The Morgan fingerprint density at radius 2 is 2.04 bits per heavy atom. The number of rotatable bonds is 6. The number of hydrogen-bond donors (Lipinski definition) is 0. The summed E-state index contributed by atoms with van der Waals surface area (Å²) >= 11 is 7.25. The van der Waals surface area contributed by atoms with Crippen LogP contribution in [0.3, 0.4) is 0 Å². The van der Waals surface area contributed by atoms with E-state index in [-0.39, 0.29) is 6.61 Å². The van der Waals surface area contributed by atoms with E-state index in [2.05, 4.69) is 22.0 Å². The largest absolute Gasteiger partial charge is 0.496 e. The van der Waals surface area contributed by atoms with Gasteiger partial charge < -0.3 is 13.9 Å². The van der Waals surface area contributed by atoms with Crippen LogP contribution in [0.5, 0.6) is 5.75 Å². The highest BCUT2D eigenvalue weighted by Crippen LogP contribution is 2.24. The lowest BCUT2D eigenvalue weighted by atomic mass is 10.2. The van der Waals surface area contributed by atoms with E-state index in [0.29, 0.717) is 33.2 Å². The summed E-state index contributed by atoms with van der Waals surface area (Å²) in [4.78, 5) is 12.0. The number of carbonyl (C=O) groups excluding carboxylic acids is 1. The quantitative estimate of drug-likeness (QED) is 0.337. The van der Waals surface area contributed by atoms with Gasteiger partial charge in [0.25, 0.3) is 5.22 Å². The van der Waals surface area contributed by atoms with E-state index in [1.807, 2.05) is 12.1 Å². The summed E-state index contributed by atoms with van der Waals surface area (Å²) in [6.45, 7) is -0.0188. The van der Waals surface area contributed by atoms with E-state index in [4.69, 9.17) is 25.5 Å². The number of thioether (sulfide) groups is 1. The molecule has 3 aromatic rings. The molecule has 0 fully saturated rings. The Balaban J connectivity index is 1.46. The Kier molecular flexibility index (Phi) is 6.95. The van der Waals surface area contributed by atoms with E-state index < -0.39 is 5.97 Å². The number of methoxy groups -OCH3 is 1. The van der Waals surface area contributed by atoms with Crippen molar-refractivity contribution in [2.75, 3.05) is 19.5 Å². The first-order valence-electron chi connectivity index (χ1n) is 8.15. The second-order valence-electron chi connectivity index (χ2n) is 5.30. The van der Waals surface area contributed by atoms with Gasteiger partial charge in [0.2, 0.25) is 5.89 Å². The summed E-state index contributed by atoms with van der Waals surface area (Å²) in [6.07, 6.45) is 0. The van der Waals surface area contributed by atoms with Gasteiger partial charge in [0, 0.05) is 10.6 Å². The summed E-state index contributed by atoms with van der Waals surface area (Å²) in [5.41, 5.74) is 1.11. The van der Waals surface area contributed by atoms with E-state index in [9.17, 15) is 4.79 Å². The Hall–Kier alpha value is -2.95. The maximum absolute atomic E-state index is 12.0. The molecule has 0 atom stereocenters. The number of para-hydroxylation sites is 1. The van der Waals surface area contributed by atoms with E-state index in [0.717, 1.165) is 5.56 Å². The molecule has 0 aliphatic heterocycles. The topological polar surface area (TPSA) is 74.5 Å². The maximum Gasteiger partial charge on any atom is 0.342 e. The van der Waals surface area contributed by atoms with Gasteiger partial charge in [-0.2, -0.15) is 0 Å². The van der Waals surface area contributed by atoms with Crippen molar-refractivity contribution in [1.82, 2.24) is 10.2 Å². The average molecular weight is 415 g/mol. The molecule has 0 saturated carbocycles. The number of nitrogens with zero attached hydrogens (tertiary/aromatic N) is 2.